The van der Waals surface area contributed by atoms with Crippen molar-refractivity contribution in [1.29, 1.82) is 0 Å². The molecule has 0 atom stereocenters. The number of nitrogens with one attached hydrogen (secondary N) is 2. The van der Waals surface area contributed by atoms with E-state index in [0.29, 0.717) is 6.04 Å². The highest BCUT2D eigenvalue weighted by Crippen LogP contribution is 2.28. The van der Waals surface area contributed by atoms with Crippen LogP contribution >= 0.6 is 22.9 Å². The van der Waals surface area contributed by atoms with Crippen molar-refractivity contribution in [2.75, 3.05) is 5.32 Å². The highest BCUT2D eigenvalue weighted by molar-refractivity contribution is 7.15. The van der Waals surface area contributed by atoms with Crippen LogP contribution in [0.5, 0.6) is 0 Å². The molecule has 2 nitrogen and oxygen atoms in total. The van der Waals surface area contributed by atoms with Crippen LogP contribution in [0.3, 0.4) is 0 Å². The molecule has 0 amide bonds. The number of hydrogen-bond donors (Lipinski definition) is 2. The fraction of sp³-hybridized carbons (Fsp3) is 0.333. The number of halogens is 1. The van der Waals surface area contributed by atoms with Gasteiger partial charge in [-0.15, -0.1) is 11.3 Å². The monoisotopic (exact) mass is 216 g/mol. The van der Waals surface area contributed by atoms with E-state index in [1.165, 1.54) is 0 Å². The Kier molecular flexibility index (Phi) is 3.63. The quantitative estimate of drug-likeness (QED) is 0.807. The van der Waals surface area contributed by atoms with E-state index in [1.54, 1.807) is 11.3 Å². The molecule has 0 aromatic carbocycles. The van der Waals surface area contributed by atoms with Gasteiger partial charge in [0.25, 0.3) is 0 Å². The highest BCUT2D eigenvalue weighted by Gasteiger charge is 2.02. The molecule has 1 aromatic rings. The summed E-state index contributed by atoms with van der Waals surface area (Å²) in [5, 5.41) is 9.85. The first-order valence-electron chi connectivity index (χ1n) is 4.05. The fourth-order valence-electron chi connectivity index (χ4n) is 0.905. The maximum atomic E-state index is 5.90. The molecule has 2 N–H and O–H groups in total. The van der Waals surface area contributed by atoms with Crippen LogP contribution in [0.15, 0.2) is 23.8 Å². The predicted octanol–water partition coefficient (Wildman–Crippen LogP) is 3.28. The van der Waals surface area contributed by atoms with E-state index in [2.05, 4.69) is 31.1 Å². The third-order valence-corrected chi connectivity index (χ3v) is 2.60. The molecule has 0 saturated heterocycles. The van der Waals surface area contributed by atoms with E-state index < -0.39 is 0 Å². The lowest BCUT2D eigenvalue weighted by Gasteiger charge is -2.13. The molecule has 13 heavy (non-hydrogen) atoms. The Balaban J connectivity index is 2.50. The van der Waals surface area contributed by atoms with E-state index in [9.17, 15) is 0 Å². The number of thiophene rings is 1. The SMILES string of the molecule is C=C(Nc1sccc1Cl)NC(C)C. The van der Waals surface area contributed by atoms with Crippen molar-refractivity contribution in [3.05, 3.63) is 28.9 Å². The molecule has 0 aliphatic carbocycles. The van der Waals surface area contributed by atoms with Gasteiger partial charge in [0.15, 0.2) is 0 Å². The van der Waals surface area contributed by atoms with Crippen LogP contribution in [0.25, 0.3) is 0 Å². The topological polar surface area (TPSA) is 24.1 Å². The van der Waals surface area contributed by atoms with Crippen LogP contribution < -0.4 is 10.6 Å². The van der Waals surface area contributed by atoms with Gasteiger partial charge in [-0.05, 0) is 25.3 Å². The second-order valence-corrected chi connectivity index (χ2v) is 4.32. The molecule has 0 spiro atoms. The van der Waals surface area contributed by atoms with Gasteiger partial charge < -0.3 is 10.6 Å². The second-order valence-electron chi connectivity index (χ2n) is 3.00. The van der Waals surface area contributed by atoms with E-state index in [-0.39, 0.29) is 0 Å². The molecule has 0 bridgehead atoms. The summed E-state index contributed by atoms with van der Waals surface area (Å²) in [7, 11) is 0. The van der Waals surface area contributed by atoms with Gasteiger partial charge in [-0.1, -0.05) is 18.2 Å². The molecule has 1 heterocycles. The third-order valence-electron chi connectivity index (χ3n) is 1.34. The van der Waals surface area contributed by atoms with Crippen molar-refractivity contribution in [2.45, 2.75) is 19.9 Å². The predicted molar refractivity (Wildman–Crippen MR) is 60.4 cm³/mol. The number of rotatable bonds is 4. The first-order valence-corrected chi connectivity index (χ1v) is 5.31. The van der Waals surface area contributed by atoms with Gasteiger partial charge in [-0.3, -0.25) is 0 Å². The van der Waals surface area contributed by atoms with Crippen molar-refractivity contribution >= 4 is 27.9 Å². The maximum Gasteiger partial charge on any atom is 0.113 e. The lowest BCUT2D eigenvalue weighted by atomic mass is 10.4. The second kappa shape index (κ2) is 4.53. The van der Waals surface area contributed by atoms with Crippen molar-refractivity contribution < 1.29 is 0 Å². The minimum Gasteiger partial charge on any atom is -0.370 e. The summed E-state index contributed by atoms with van der Waals surface area (Å²) in [4.78, 5) is 0. The molecule has 0 unspecified atom stereocenters. The summed E-state index contributed by atoms with van der Waals surface area (Å²) >= 11 is 7.46. The lowest BCUT2D eigenvalue weighted by Crippen LogP contribution is -2.25. The average Bonchev–Trinajstić information content (AvgIpc) is 2.34. The Labute approximate surface area is 87.6 Å². The maximum absolute atomic E-state index is 5.90. The molecular formula is C9H13ClN2S. The highest BCUT2D eigenvalue weighted by atomic mass is 35.5. The Hall–Kier alpha value is -0.670. The average molecular weight is 217 g/mol. The summed E-state index contributed by atoms with van der Waals surface area (Å²) in [6, 6.07) is 2.23. The Morgan fingerprint density at radius 1 is 1.62 bits per heavy atom. The summed E-state index contributed by atoms with van der Waals surface area (Å²) in [6.45, 7) is 7.95. The summed E-state index contributed by atoms with van der Waals surface area (Å²) in [5.74, 6) is 0.777. The zero-order chi connectivity index (χ0) is 9.84. The molecule has 0 aliphatic heterocycles. The van der Waals surface area contributed by atoms with Crippen LogP contribution in [-0.4, -0.2) is 6.04 Å². The molecule has 0 aliphatic rings. The van der Waals surface area contributed by atoms with Crippen LogP contribution in [0.1, 0.15) is 13.8 Å². The van der Waals surface area contributed by atoms with Gasteiger partial charge >= 0.3 is 0 Å². The first-order chi connectivity index (χ1) is 6.09. The number of anilines is 1. The molecule has 0 saturated carbocycles. The zero-order valence-corrected chi connectivity index (χ0v) is 9.30. The normalized spacial score (nSPS) is 10.2. The van der Waals surface area contributed by atoms with Gasteiger partial charge in [0, 0.05) is 6.04 Å². The molecule has 0 radical (unpaired) electrons. The minimum absolute atomic E-state index is 0.374. The van der Waals surface area contributed by atoms with Crippen molar-refractivity contribution in [3.63, 3.8) is 0 Å². The molecule has 72 valence electrons. The van der Waals surface area contributed by atoms with Gasteiger partial charge in [0.05, 0.1) is 10.8 Å². The Morgan fingerprint density at radius 2 is 2.31 bits per heavy atom. The smallest absolute Gasteiger partial charge is 0.113 e. The van der Waals surface area contributed by atoms with Gasteiger partial charge in [-0.25, -0.2) is 0 Å². The molecular weight excluding hydrogens is 204 g/mol. The van der Waals surface area contributed by atoms with Gasteiger partial charge in [-0.2, -0.15) is 0 Å². The Morgan fingerprint density at radius 3 is 2.77 bits per heavy atom. The first kappa shape index (κ1) is 10.4. The minimum atomic E-state index is 0.374. The molecule has 1 rings (SSSR count). The van der Waals surface area contributed by atoms with Crippen LogP contribution in [0.2, 0.25) is 5.02 Å². The van der Waals surface area contributed by atoms with E-state index >= 15 is 0 Å². The van der Waals surface area contributed by atoms with Crippen molar-refractivity contribution in [3.8, 4) is 0 Å². The largest absolute Gasteiger partial charge is 0.370 e. The fourth-order valence-corrected chi connectivity index (χ4v) is 1.93. The van der Waals surface area contributed by atoms with Crippen molar-refractivity contribution in [1.82, 2.24) is 5.32 Å². The lowest BCUT2D eigenvalue weighted by molar-refractivity contribution is 0.675. The van der Waals surface area contributed by atoms with E-state index in [0.717, 1.165) is 15.8 Å². The molecule has 4 heteroatoms. The standard InChI is InChI=1S/C9H13ClN2S/c1-6(2)11-7(3)12-9-8(10)4-5-13-9/h4-6,11-12H,3H2,1-2H3. The van der Waals surface area contributed by atoms with Gasteiger partial charge in [0.2, 0.25) is 0 Å². The van der Waals surface area contributed by atoms with Crippen LogP contribution in [0, 0.1) is 0 Å². The van der Waals surface area contributed by atoms with E-state index in [4.69, 9.17) is 11.6 Å². The van der Waals surface area contributed by atoms with Crippen LogP contribution in [0.4, 0.5) is 5.00 Å². The zero-order valence-electron chi connectivity index (χ0n) is 7.73. The molecule has 1 aromatic heterocycles. The van der Waals surface area contributed by atoms with Gasteiger partial charge in [0.1, 0.15) is 5.00 Å². The summed E-state index contributed by atoms with van der Waals surface area (Å²) in [6.07, 6.45) is 0. The summed E-state index contributed by atoms with van der Waals surface area (Å²) < 4.78 is 0. The summed E-state index contributed by atoms with van der Waals surface area (Å²) in [5.41, 5.74) is 0. The van der Waals surface area contributed by atoms with E-state index in [1.807, 2.05) is 11.4 Å². The molecule has 0 fully saturated rings. The third kappa shape index (κ3) is 3.28. The van der Waals surface area contributed by atoms with Crippen LogP contribution in [-0.2, 0) is 0 Å². The van der Waals surface area contributed by atoms with Crippen molar-refractivity contribution in [2.24, 2.45) is 0 Å². The Bertz CT molecular complexity index is 294. The number of hydrogen-bond acceptors (Lipinski definition) is 3.